The summed E-state index contributed by atoms with van der Waals surface area (Å²) in [6.07, 6.45) is 2.78. The number of thiophene rings is 1. The zero-order valence-electron chi connectivity index (χ0n) is 11.2. The first-order chi connectivity index (χ1) is 10.5. The van der Waals surface area contributed by atoms with Crippen molar-refractivity contribution in [2.45, 2.75) is 23.1 Å². The molecule has 1 unspecified atom stereocenters. The van der Waals surface area contributed by atoms with Crippen molar-refractivity contribution in [2.75, 3.05) is 11.9 Å². The van der Waals surface area contributed by atoms with Crippen LogP contribution in [0.25, 0.3) is 0 Å². The molecule has 1 amide bonds. The van der Waals surface area contributed by atoms with Crippen LogP contribution in [0.5, 0.6) is 0 Å². The number of hydrogen-bond donors (Lipinski definition) is 1. The van der Waals surface area contributed by atoms with Crippen LogP contribution >= 0.6 is 38.6 Å². The van der Waals surface area contributed by atoms with Gasteiger partial charge in [0.05, 0.1) is 3.79 Å². The summed E-state index contributed by atoms with van der Waals surface area (Å²) in [6.45, 7) is 0.355. The Hall–Kier alpha value is -0.810. The van der Waals surface area contributed by atoms with Gasteiger partial charge < -0.3 is 5.32 Å². The number of anilines is 1. The molecule has 3 heterocycles. The van der Waals surface area contributed by atoms with E-state index in [9.17, 15) is 13.2 Å². The van der Waals surface area contributed by atoms with Crippen molar-refractivity contribution in [3.63, 3.8) is 0 Å². The minimum Gasteiger partial charge on any atom is -0.301 e. The van der Waals surface area contributed by atoms with E-state index < -0.39 is 16.1 Å². The van der Waals surface area contributed by atoms with E-state index in [0.29, 0.717) is 24.5 Å². The van der Waals surface area contributed by atoms with Gasteiger partial charge in [0.15, 0.2) is 5.13 Å². The molecule has 0 aliphatic carbocycles. The van der Waals surface area contributed by atoms with E-state index in [4.69, 9.17) is 0 Å². The third kappa shape index (κ3) is 3.11. The van der Waals surface area contributed by atoms with Crippen LogP contribution in [0.15, 0.2) is 31.7 Å². The number of amides is 1. The Labute approximate surface area is 144 Å². The van der Waals surface area contributed by atoms with Crippen LogP contribution in [0, 0.1) is 0 Å². The molecule has 118 valence electrons. The Morgan fingerprint density at radius 3 is 2.91 bits per heavy atom. The number of sulfonamides is 1. The Morgan fingerprint density at radius 2 is 2.27 bits per heavy atom. The maximum absolute atomic E-state index is 12.7. The highest BCUT2D eigenvalue weighted by Gasteiger charge is 2.40. The highest BCUT2D eigenvalue weighted by atomic mass is 79.9. The minimum absolute atomic E-state index is 0.244. The molecule has 1 aliphatic heterocycles. The highest BCUT2D eigenvalue weighted by molar-refractivity contribution is 9.11. The summed E-state index contributed by atoms with van der Waals surface area (Å²) in [5, 5.41) is 4.91. The molecule has 1 atom stereocenters. The van der Waals surface area contributed by atoms with Gasteiger partial charge >= 0.3 is 0 Å². The van der Waals surface area contributed by atoms with Crippen LogP contribution < -0.4 is 5.32 Å². The number of hydrogen-bond acceptors (Lipinski definition) is 6. The van der Waals surface area contributed by atoms with Crippen molar-refractivity contribution in [2.24, 2.45) is 0 Å². The lowest BCUT2D eigenvalue weighted by Gasteiger charge is -2.22. The summed E-state index contributed by atoms with van der Waals surface area (Å²) in [5.41, 5.74) is 0. The zero-order valence-corrected chi connectivity index (χ0v) is 15.3. The standard InChI is InChI=1S/C12H12BrN3O3S3/c13-9-3-4-10(21-9)22(18,19)16-6-1-2-8(16)11(17)15-12-14-5-7-20-12/h3-5,7-8H,1-2,6H2,(H,14,15,17). The molecule has 22 heavy (non-hydrogen) atoms. The second-order valence-electron chi connectivity index (χ2n) is 4.66. The summed E-state index contributed by atoms with van der Waals surface area (Å²) in [5.74, 6) is -0.327. The number of carbonyl (C=O) groups is 1. The molecule has 1 saturated heterocycles. The molecule has 1 fully saturated rings. The van der Waals surface area contributed by atoms with Gasteiger partial charge in [0.25, 0.3) is 10.0 Å². The van der Waals surface area contributed by atoms with Gasteiger partial charge in [-0.3, -0.25) is 4.79 Å². The lowest BCUT2D eigenvalue weighted by atomic mass is 10.2. The molecule has 2 aromatic rings. The van der Waals surface area contributed by atoms with Crippen molar-refractivity contribution in [3.05, 3.63) is 27.5 Å². The summed E-state index contributed by atoms with van der Waals surface area (Å²) in [7, 11) is -3.65. The van der Waals surface area contributed by atoms with E-state index >= 15 is 0 Å². The SMILES string of the molecule is O=C(Nc1nccs1)C1CCCN1S(=O)(=O)c1ccc(Br)s1. The number of thiazole rings is 1. The van der Waals surface area contributed by atoms with Gasteiger partial charge in [0, 0.05) is 18.1 Å². The molecule has 2 aromatic heterocycles. The Balaban J connectivity index is 1.82. The number of nitrogens with zero attached hydrogens (tertiary/aromatic N) is 2. The molecule has 0 radical (unpaired) electrons. The van der Waals surface area contributed by atoms with Crippen LogP contribution in [0.3, 0.4) is 0 Å². The number of rotatable bonds is 4. The predicted molar refractivity (Wildman–Crippen MR) is 89.7 cm³/mol. The molecule has 0 bridgehead atoms. The van der Waals surface area contributed by atoms with Gasteiger partial charge in [-0.25, -0.2) is 13.4 Å². The molecule has 0 saturated carbocycles. The first-order valence-corrected chi connectivity index (χ1v) is 10.4. The highest BCUT2D eigenvalue weighted by Crippen LogP contribution is 2.32. The normalized spacial score (nSPS) is 19.4. The first kappa shape index (κ1) is 16.1. The number of halogens is 1. The molecule has 0 aromatic carbocycles. The molecular weight excluding hydrogens is 410 g/mol. The monoisotopic (exact) mass is 421 g/mol. The van der Waals surface area contributed by atoms with Gasteiger partial charge in [0.1, 0.15) is 10.3 Å². The van der Waals surface area contributed by atoms with Crippen LogP contribution in [0.4, 0.5) is 5.13 Å². The smallest absolute Gasteiger partial charge is 0.253 e. The molecule has 0 spiro atoms. The molecule has 1 N–H and O–H groups in total. The molecule has 10 heteroatoms. The fourth-order valence-electron chi connectivity index (χ4n) is 2.32. The molecule has 1 aliphatic rings. The Kier molecular flexibility index (Phi) is 4.64. The maximum atomic E-state index is 12.7. The average molecular weight is 422 g/mol. The average Bonchev–Trinajstić information content (AvgIpc) is 3.18. The van der Waals surface area contributed by atoms with Crippen molar-refractivity contribution in [1.82, 2.24) is 9.29 Å². The lowest BCUT2D eigenvalue weighted by Crippen LogP contribution is -2.42. The molecular formula is C12H12BrN3O3S3. The van der Waals surface area contributed by atoms with Crippen LogP contribution in [0.1, 0.15) is 12.8 Å². The van der Waals surface area contributed by atoms with Gasteiger partial charge in [-0.15, -0.1) is 22.7 Å². The second kappa shape index (κ2) is 6.36. The van der Waals surface area contributed by atoms with Crippen LogP contribution in [-0.4, -0.2) is 36.2 Å². The number of aromatic nitrogens is 1. The lowest BCUT2D eigenvalue weighted by molar-refractivity contribution is -0.119. The quantitative estimate of drug-likeness (QED) is 0.822. The Morgan fingerprint density at radius 1 is 1.45 bits per heavy atom. The van der Waals surface area contributed by atoms with E-state index in [-0.39, 0.29) is 10.1 Å². The number of nitrogens with one attached hydrogen (secondary N) is 1. The summed E-state index contributed by atoms with van der Waals surface area (Å²) in [6, 6.07) is 2.56. The van der Waals surface area contributed by atoms with Crippen LogP contribution in [0.2, 0.25) is 0 Å². The van der Waals surface area contributed by atoms with Gasteiger partial charge in [-0.1, -0.05) is 0 Å². The fourth-order valence-corrected chi connectivity index (χ4v) is 6.64. The van der Waals surface area contributed by atoms with Gasteiger partial charge in [-0.2, -0.15) is 4.31 Å². The third-order valence-electron chi connectivity index (χ3n) is 3.28. The number of carbonyl (C=O) groups excluding carboxylic acids is 1. The third-order valence-corrected chi connectivity index (χ3v) is 7.97. The summed E-state index contributed by atoms with van der Waals surface area (Å²) >= 11 is 5.72. The maximum Gasteiger partial charge on any atom is 0.253 e. The van der Waals surface area contributed by atoms with Crippen LogP contribution in [-0.2, 0) is 14.8 Å². The van der Waals surface area contributed by atoms with E-state index in [1.165, 1.54) is 15.6 Å². The van der Waals surface area contributed by atoms with E-state index in [2.05, 4.69) is 26.2 Å². The van der Waals surface area contributed by atoms with E-state index in [1.807, 2.05) is 0 Å². The van der Waals surface area contributed by atoms with Crippen molar-refractivity contribution in [3.8, 4) is 0 Å². The Bertz CT molecular complexity index is 773. The molecule has 3 rings (SSSR count). The second-order valence-corrected chi connectivity index (χ2v) is 10.1. The summed E-state index contributed by atoms with van der Waals surface area (Å²) in [4.78, 5) is 16.3. The van der Waals surface area contributed by atoms with Gasteiger partial charge in [-0.05, 0) is 40.9 Å². The van der Waals surface area contributed by atoms with E-state index in [1.54, 1.807) is 23.7 Å². The van der Waals surface area contributed by atoms with Crippen molar-refractivity contribution in [1.29, 1.82) is 0 Å². The van der Waals surface area contributed by atoms with Crippen molar-refractivity contribution >= 4 is 59.7 Å². The van der Waals surface area contributed by atoms with Crippen molar-refractivity contribution < 1.29 is 13.2 Å². The zero-order chi connectivity index (χ0) is 15.7. The summed E-state index contributed by atoms with van der Waals surface area (Å²) < 4.78 is 27.6. The first-order valence-electron chi connectivity index (χ1n) is 6.46. The van der Waals surface area contributed by atoms with Gasteiger partial charge in [0.2, 0.25) is 5.91 Å². The minimum atomic E-state index is -3.65. The topological polar surface area (TPSA) is 79.4 Å². The molecule has 6 nitrogen and oxygen atoms in total. The predicted octanol–water partition coefficient (Wildman–Crippen LogP) is 2.76. The largest absolute Gasteiger partial charge is 0.301 e. The fraction of sp³-hybridized carbons (Fsp3) is 0.333. The van der Waals surface area contributed by atoms with E-state index in [0.717, 1.165) is 15.1 Å².